The summed E-state index contributed by atoms with van der Waals surface area (Å²) in [6.45, 7) is 1.71. The van der Waals surface area contributed by atoms with Crippen LogP contribution in [0.3, 0.4) is 0 Å². The molecule has 0 fully saturated rings. The Kier molecular flexibility index (Phi) is 5.97. The number of ether oxygens (including phenoxy) is 1. The van der Waals surface area contributed by atoms with Gasteiger partial charge in [-0.25, -0.2) is 13.2 Å². The molecule has 0 amide bonds. The minimum Gasteiger partial charge on any atom is -0.466 e. The van der Waals surface area contributed by atoms with Crippen LogP contribution in [0.2, 0.25) is 0 Å². The van der Waals surface area contributed by atoms with Gasteiger partial charge in [0.15, 0.2) is 0 Å². The Hall–Kier alpha value is -1.60. The predicted molar refractivity (Wildman–Crippen MR) is 63.6 cm³/mol. The zero-order valence-electron chi connectivity index (χ0n) is 10.7. The summed E-state index contributed by atoms with van der Waals surface area (Å²) in [5.74, 6) is -1.90. The number of esters is 1. The third-order valence-corrected chi connectivity index (χ3v) is 2.65. The molecule has 2 N–H and O–H groups in total. The van der Waals surface area contributed by atoms with Crippen LogP contribution in [0.15, 0.2) is 18.2 Å². The van der Waals surface area contributed by atoms with Gasteiger partial charge in [-0.2, -0.15) is 0 Å². The van der Waals surface area contributed by atoms with Gasteiger partial charge in [-0.1, -0.05) is 12.1 Å². The number of benzene rings is 1. The molecule has 0 aliphatic heterocycles. The number of rotatable bonds is 6. The maximum absolute atomic E-state index is 13.3. The molecule has 0 bridgehead atoms. The summed E-state index contributed by atoms with van der Waals surface area (Å²) in [5, 5.41) is 19.4. The third kappa shape index (κ3) is 4.21. The van der Waals surface area contributed by atoms with Crippen LogP contribution in [-0.4, -0.2) is 28.9 Å². The molecule has 7 heteroatoms. The second kappa shape index (κ2) is 7.25. The molecule has 0 heterocycles. The molecule has 2 unspecified atom stereocenters. The average Bonchev–Trinajstić information content (AvgIpc) is 2.37. The van der Waals surface area contributed by atoms with Gasteiger partial charge in [0.05, 0.1) is 24.7 Å². The molecule has 0 spiro atoms. The molecule has 0 saturated carbocycles. The molecule has 0 aliphatic rings. The molecule has 2 atom stereocenters. The summed E-state index contributed by atoms with van der Waals surface area (Å²) < 4.78 is 42.7. The average molecular weight is 292 g/mol. The molecule has 1 aromatic carbocycles. The fourth-order valence-corrected chi connectivity index (χ4v) is 1.63. The van der Waals surface area contributed by atoms with Crippen LogP contribution in [0.25, 0.3) is 0 Å². The summed E-state index contributed by atoms with van der Waals surface area (Å²) in [5.41, 5.74) is -0.885. The summed E-state index contributed by atoms with van der Waals surface area (Å²) in [6, 6.07) is 2.61. The predicted octanol–water partition coefficient (Wildman–Crippen LogP) is 2.11. The first kappa shape index (κ1) is 16.5. The largest absolute Gasteiger partial charge is 0.466 e. The number of carbonyl (C=O) groups is 1. The van der Waals surface area contributed by atoms with Crippen molar-refractivity contribution in [2.75, 3.05) is 6.61 Å². The van der Waals surface area contributed by atoms with Crippen LogP contribution in [0, 0.1) is 5.82 Å². The van der Waals surface area contributed by atoms with Crippen molar-refractivity contribution < 1.29 is 32.9 Å². The quantitative estimate of drug-likeness (QED) is 0.788. The SMILES string of the molecule is CCOC(=O)CC(O)C(O)c1ccc(C(F)F)c(F)c1. The van der Waals surface area contributed by atoms with Crippen molar-refractivity contribution in [3.63, 3.8) is 0 Å². The lowest BCUT2D eigenvalue weighted by molar-refractivity contribution is -0.147. The highest BCUT2D eigenvalue weighted by atomic mass is 19.3. The molecule has 112 valence electrons. The van der Waals surface area contributed by atoms with Gasteiger partial charge < -0.3 is 14.9 Å². The third-order valence-electron chi connectivity index (χ3n) is 2.65. The highest BCUT2D eigenvalue weighted by Gasteiger charge is 2.24. The fourth-order valence-electron chi connectivity index (χ4n) is 1.63. The Morgan fingerprint density at radius 3 is 2.50 bits per heavy atom. The van der Waals surface area contributed by atoms with Gasteiger partial charge in [0, 0.05) is 0 Å². The second-order valence-corrected chi connectivity index (χ2v) is 4.10. The van der Waals surface area contributed by atoms with E-state index >= 15 is 0 Å². The maximum Gasteiger partial charge on any atom is 0.308 e. The first-order chi connectivity index (χ1) is 9.36. The first-order valence-corrected chi connectivity index (χ1v) is 5.96. The first-order valence-electron chi connectivity index (χ1n) is 5.96. The van der Waals surface area contributed by atoms with E-state index in [-0.39, 0.29) is 12.2 Å². The van der Waals surface area contributed by atoms with Crippen molar-refractivity contribution in [1.29, 1.82) is 0 Å². The maximum atomic E-state index is 13.3. The number of aliphatic hydroxyl groups is 2. The van der Waals surface area contributed by atoms with Gasteiger partial charge in [0.25, 0.3) is 6.43 Å². The topological polar surface area (TPSA) is 66.8 Å². The van der Waals surface area contributed by atoms with E-state index in [1.54, 1.807) is 6.92 Å². The van der Waals surface area contributed by atoms with Crippen LogP contribution >= 0.6 is 0 Å². The molecular weight excluding hydrogens is 277 g/mol. The van der Waals surface area contributed by atoms with E-state index in [4.69, 9.17) is 0 Å². The Morgan fingerprint density at radius 1 is 1.35 bits per heavy atom. The van der Waals surface area contributed by atoms with Crippen molar-refractivity contribution >= 4 is 5.97 Å². The normalized spacial score (nSPS) is 14.2. The van der Waals surface area contributed by atoms with E-state index < -0.39 is 42.4 Å². The zero-order valence-corrected chi connectivity index (χ0v) is 10.7. The van der Waals surface area contributed by atoms with Gasteiger partial charge in [-0.15, -0.1) is 0 Å². The summed E-state index contributed by atoms with van der Waals surface area (Å²) in [4.78, 5) is 11.1. The van der Waals surface area contributed by atoms with E-state index in [1.807, 2.05) is 0 Å². The Labute approximate surface area is 113 Å². The molecule has 20 heavy (non-hydrogen) atoms. The number of hydrogen-bond acceptors (Lipinski definition) is 4. The highest BCUT2D eigenvalue weighted by molar-refractivity contribution is 5.70. The van der Waals surface area contributed by atoms with Crippen LogP contribution in [0.1, 0.15) is 37.0 Å². The number of carbonyl (C=O) groups excluding carboxylic acids is 1. The molecule has 0 saturated heterocycles. The van der Waals surface area contributed by atoms with Gasteiger partial charge >= 0.3 is 5.97 Å². The van der Waals surface area contributed by atoms with Crippen molar-refractivity contribution in [2.24, 2.45) is 0 Å². The Bertz CT molecular complexity index is 465. The molecule has 1 aromatic rings. The van der Waals surface area contributed by atoms with Gasteiger partial charge in [0.1, 0.15) is 11.9 Å². The van der Waals surface area contributed by atoms with Gasteiger partial charge in [-0.3, -0.25) is 4.79 Å². The number of halogens is 3. The number of aliphatic hydroxyl groups excluding tert-OH is 2. The van der Waals surface area contributed by atoms with Gasteiger partial charge in [0.2, 0.25) is 0 Å². The number of alkyl halides is 2. The van der Waals surface area contributed by atoms with Crippen LogP contribution in [0.5, 0.6) is 0 Å². The van der Waals surface area contributed by atoms with Crippen LogP contribution in [-0.2, 0) is 9.53 Å². The monoisotopic (exact) mass is 292 g/mol. The summed E-state index contributed by atoms with van der Waals surface area (Å²) in [6.07, 6.45) is -6.52. The molecular formula is C13H15F3O4. The number of hydrogen-bond donors (Lipinski definition) is 2. The van der Waals surface area contributed by atoms with E-state index in [0.29, 0.717) is 6.07 Å². The van der Waals surface area contributed by atoms with Gasteiger partial charge in [-0.05, 0) is 18.6 Å². The minimum absolute atomic E-state index is 0.0938. The molecule has 0 radical (unpaired) electrons. The Morgan fingerprint density at radius 2 is 2.00 bits per heavy atom. The van der Waals surface area contributed by atoms with Crippen molar-refractivity contribution in [1.82, 2.24) is 0 Å². The molecule has 1 rings (SSSR count). The highest BCUT2D eigenvalue weighted by Crippen LogP contribution is 2.26. The van der Waals surface area contributed by atoms with E-state index in [0.717, 1.165) is 12.1 Å². The zero-order chi connectivity index (χ0) is 15.3. The van der Waals surface area contributed by atoms with E-state index in [9.17, 15) is 28.2 Å². The molecule has 4 nitrogen and oxygen atoms in total. The lowest BCUT2D eigenvalue weighted by atomic mass is 10.0. The smallest absolute Gasteiger partial charge is 0.308 e. The van der Waals surface area contributed by atoms with Crippen molar-refractivity contribution in [3.8, 4) is 0 Å². The van der Waals surface area contributed by atoms with Crippen LogP contribution < -0.4 is 0 Å². The van der Waals surface area contributed by atoms with Crippen molar-refractivity contribution in [2.45, 2.75) is 32.0 Å². The van der Waals surface area contributed by atoms with Crippen molar-refractivity contribution in [3.05, 3.63) is 35.1 Å². The molecule has 0 aromatic heterocycles. The Balaban J connectivity index is 2.79. The van der Waals surface area contributed by atoms with Crippen LogP contribution in [0.4, 0.5) is 13.2 Å². The standard InChI is InChI=1S/C13H15F3O4/c1-2-20-11(18)6-10(17)12(19)7-3-4-8(13(15)16)9(14)5-7/h3-5,10,12-13,17,19H,2,6H2,1H3. The minimum atomic E-state index is -2.97. The second-order valence-electron chi connectivity index (χ2n) is 4.10. The molecule has 0 aliphatic carbocycles. The van der Waals surface area contributed by atoms with E-state index in [2.05, 4.69) is 4.74 Å². The lowest BCUT2D eigenvalue weighted by Gasteiger charge is -2.18. The van der Waals surface area contributed by atoms with E-state index in [1.165, 1.54) is 0 Å². The summed E-state index contributed by atoms with van der Waals surface area (Å²) in [7, 11) is 0. The fraction of sp³-hybridized carbons (Fsp3) is 0.462. The summed E-state index contributed by atoms with van der Waals surface area (Å²) >= 11 is 0. The lowest BCUT2D eigenvalue weighted by Crippen LogP contribution is -2.23.